The first kappa shape index (κ1) is 19.5. The Balaban J connectivity index is 2.16. The first-order valence-corrected chi connectivity index (χ1v) is 9.98. The van der Waals surface area contributed by atoms with Crippen LogP contribution in [0, 0.1) is 0 Å². The Kier molecular flexibility index (Phi) is 8.51. The molecule has 136 valence electrons. The Bertz CT molecular complexity index is 579. The molecule has 0 atom stereocenters. The molecule has 1 aliphatic rings. The van der Waals surface area contributed by atoms with Crippen LogP contribution in [0.4, 0.5) is 0 Å². The summed E-state index contributed by atoms with van der Waals surface area (Å²) in [7, 11) is 0. The molecular formula is C23H33NO. The summed E-state index contributed by atoms with van der Waals surface area (Å²) in [5.41, 5.74) is 3.65. The molecule has 2 rings (SSSR count). The van der Waals surface area contributed by atoms with Crippen LogP contribution in [0.3, 0.4) is 0 Å². The van der Waals surface area contributed by atoms with Gasteiger partial charge < -0.3 is 4.90 Å². The lowest BCUT2D eigenvalue weighted by Crippen LogP contribution is -2.37. The Morgan fingerprint density at radius 1 is 1.00 bits per heavy atom. The summed E-state index contributed by atoms with van der Waals surface area (Å²) in [4.78, 5) is 15.2. The number of benzene rings is 1. The Hall–Kier alpha value is -1.83. The number of rotatable bonds is 8. The molecule has 1 saturated heterocycles. The number of likely N-dealkylation sites (tertiary alicyclic amines) is 1. The van der Waals surface area contributed by atoms with Crippen LogP contribution in [-0.4, -0.2) is 23.9 Å². The van der Waals surface area contributed by atoms with Crippen molar-refractivity contribution in [3.8, 4) is 0 Å². The fourth-order valence-electron chi connectivity index (χ4n) is 3.55. The summed E-state index contributed by atoms with van der Waals surface area (Å²) in [5, 5.41) is 0. The molecule has 0 aliphatic carbocycles. The predicted molar refractivity (Wildman–Crippen MR) is 107 cm³/mol. The maximum absolute atomic E-state index is 13.1. The van der Waals surface area contributed by atoms with E-state index < -0.39 is 0 Å². The van der Waals surface area contributed by atoms with Gasteiger partial charge in [0.1, 0.15) is 0 Å². The topological polar surface area (TPSA) is 20.3 Å². The highest BCUT2D eigenvalue weighted by molar-refractivity contribution is 5.94. The van der Waals surface area contributed by atoms with Crippen molar-refractivity contribution >= 4 is 12.0 Å². The second-order valence-corrected chi connectivity index (χ2v) is 6.95. The number of nitrogens with zero attached hydrogens (tertiary/aromatic N) is 1. The monoisotopic (exact) mass is 339 g/mol. The summed E-state index contributed by atoms with van der Waals surface area (Å²) in [5.74, 6) is 0.304. The quantitative estimate of drug-likeness (QED) is 0.532. The lowest BCUT2D eigenvalue weighted by atomic mass is 9.95. The second kappa shape index (κ2) is 10.9. The average molecular weight is 340 g/mol. The largest absolute Gasteiger partial charge is 0.339 e. The molecule has 25 heavy (non-hydrogen) atoms. The summed E-state index contributed by atoms with van der Waals surface area (Å²) < 4.78 is 0. The molecule has 0 unspecified atom stereocenters. The van der Waals surface area contributed by atoms with Gasteiger partial charge in [-0.25, -0.2) is 0 Å². The normalized spacial score (nSPS) is 16.2. The summed E-state index contributed by atoms with van der Waals surface area (Å²) in [6.07, 6.45) is 12.9. The van der Waals surface area contributed by atoms with Crippen molar-refractivity contribution in [3.05, 3.63) is 53.1 Å². The van der Waals surface area contributed by atoms with E-state index in [1.807, 2.05) is 6.07 Å². The van der Waals surface area contributed by atoms with Gasteiger partial charge in [0.25, 0.3) is 0 Å². The lowest BCUT2D eigenvalue weighted by Gasteiger charge is -2.28. The van der Waals surface area contributed by atoms with Crippen molar-refractivity contribution in [2.45, 2.75) is 65.2 Å². The third kappa shape index (κ3) is 6.19. The SMILES string of the molecule is CCC/C(C/C=C/c1ccccc1)=C(\CCC)C(=O)N1CCCCC1. The van der Waals surface area contributed by atoms with Gasteiger partial charge in [0, 0.05) is 18.7 Å². The number of carbonyl (C=O) groups excluding carboxylic acids is 1. The van der Waals surface area contributed by atoms with E-state index in [1.165, 1.54) is 17.6 Å². The highest BCUT2D eigenvalue weighted by Gasteiger charge is 2.21. The van der Waals surface area contributed by atoms with Crippen molar-refractivity contribution in [3.63, 3.8) is 0 Å². The van der Waals surface area contributed by atoms with Gasteiger partial charge in [-0.05, 0) is 44.1 Å². The molecule has 0 N–H and O–H groups in total. The fourth-order valence-corrected chi connectivity index (χ4v) is 3.55. The van der Waals surface area contributed by atoms with Crippen molar-refractivity contribution in [1.82, 2.24) is 4.90 Å². The number of amides is 1. The third-order valence-electron chi connectivity index (χ3n) is 4.85. The lowest BCUT2D eigenvalue weighted by molar-refractivity contribution is -0.128. The maximum Gasteiger partial charge on any atom is 0.249 e. The molecular weight excluding hydrogens is 306 g/mol. The number of hydrogen-bond donors (Lipinski definition) is 0. The van der Waals surface area contributed by atoms with Gasteiger partial charge >= 0.3 is 0 Å². The van der Waals surface area contributed by atoms with E-state index in [0.29, 0.717) is 5.91 Å². The van der Waals surface area contributed by atoms with Crippen molar-refractivity contribution in [2.75, 3.05) is 13.1 Å². The van der Waals surface area contributed by atoms with Crippen LogP contribution >= 0.6 is 0 Å². The van der Waals surface area contributed by atoms with Gasteiger partial charge in [-0.1, -0.05) is 74.7 Å². The first-order chi connectivity index (χ1) is 12.3. The van der Waals surface area contributed by atoms with E-state index in [2.05, 4.69) is 55.2 Å². The van der Waals surface area contributed by atoms with E-state index in [9.17, 15) is 4.79 Å². The van der Waals surface area contributed by atoms with Crippen LogP contribution in [0.2, 0.25) is 0 Å². The molecule has 0 spiro atoms. The highest BCUT2D eigenvalue weighted by atomic mass is 16.2. The molecule has 2 heteroatoms. The molecule has 2 nitrogen and oxygen atoms in total. The molecule has 1 aliphatic heterocycles. The van der Waals surface area contributed by atoms with E-state index in [0.717, 1.165) is 63.6 Å². The minimum Gasteiger partial charge on any atom is -0.339 e. The van der Waals surface area contributed by atoms with Crippen molar-refractivity contribution in [1.29, 1.82) is 0 Å². The van der Waals surface area contributed by atoms with E-state index >= 15 is 0 Å². The van der Waals surface area contributed by atoms with Gasteiger partial charge in [0.05, 0.1) is 0 Å². The highest BCUT2D eigenvalue weighted by Crippen LogP contribution is 2.24. The predicted octanol–water partition coefficient (Wildman–Crippen LogP) is 6.00. The van der Waals surface area contributed by atoms with Crippen molar-refractivity contribution < 1.29 is 4.79 Å². The number of piperidine rings is 1. The first-order valence-electron chi connectivity index (χ1n) is 9.98. The molecule has 1 heterocycles. The van der Waals surface area contributed by atoms with Crippen LogP contribution in [-0.2, 0) is 4.79 Å². The van der Waals surface area contributed by atoms with Crippen LogP contribution in [0.5, 0.6) is 0 Å². The molecule has 1 aromatic carbocycles. The fraction of sp³-hybridized carbons (Fsp3) is 0.522. The zero-order chi connectivity index (χ0) is 17.9. The summed E-state index contributed by atoms with van der Waals surface area (Å²) >= 11 is 0. The van der Waals surface area contributed by atoms with Crippen LogP contribution in [0.15, 0.2) is 47.6 Å². The van der Waals surface area contributed by atoms with Gasteiger partial charge in [-0.2, -0.15) is 0 Å². The van der Waals surface area contributed by atoms with Crippen LogP contribution < -0.4 is 0 Å². The smallest absolute Gasteiger partial charge is 0.249 e. The zero-order valence-corrected chi connectivity index (χ0v) is 16.0. The van der Waals surface area contributed by atoms with Gasteiger partial charge in [0.15, 0.2) is 0 Å². The molecule has 1 aromatic rings. The van der Waals surface area contributed by atoms with E-state index in [4.69, 9.17) is 0 Å². The molecule has 1 fully saturated rings. The average Bonchev–Trinajstić information content (AvgIpc) is 2.66. The van der Waals surface area contributed by atoms with Crippen molar-refractivity contribution in [2.24, 2.45) is 0 Å². The number of carbonyl (C=O) groups is 1. The maximum atomic E-state index is 13.1. The van der Waals surface area contributed by atoms with E-state index in [1.54, 1.807) is 0 Å². The minimum absolute atomic E-state index is 0.304. The Morgan fingerprint density at radius 2 is 1.68 bits per heavy atom. The second-order valence-electron chi connectivity index (χ2n) is 6.95. The zero-order valence-electron chi connectivity index (χ0n) is 16.0. The molecule has 1 amide bonds. The van der Waals surface area contributed by atoms with Crippen LogP contribution in [0.1, 0.15) is 70.8 Å². The minimum atomic E-state index is 0.304. The van der Waals surface area contributed by atoms with E-state index in [-0.39, 0.29) is 0 Å². The Morgan fingerprint density at radius 3 is 2.32 bits per heavy atom. The number of allylic oxidation sites excluding steroid dienone is 2. The molecule has 0 bridgehead atoms. The summed E-state index contributed by atoms with van der Waals surface area (Å²) in [6, 6.07) is 10.4. The van der Waals surface area contributed by atoms with Crippen LogP contribution in [0.25, 0.3) is 6.08 Å². The molecule has 0 saturated carbocycles. The molecule has 0 radical (unpaired) electrons. The van der Waals surface area contributed by atoms with Gasteiger partial charge in [0.2, 0.25) is 5.91 Å². The van der Waals surface area contributed by atoms with Gasteiger partial charge in [-0.15, -0.1) is 0 Å². The standard InChI is InChI=1S/C23H33NO/c1-3-12-21(17-11-16-20-14-7-5-8-15-20)22(13-4-2)23(25)24-18-9-6-10-19-24/h5,7-8,11,14-16H,3-4,6,9-10,12-13,17-19H2,1-2H3/b16-11+,22-21-. The Labute approximate surface area is 153 Å². The summed E-state index contributed by atoms with van der Waals surface area (Å²) in [6.45, 7) is 6.25. The van der Waals surface area contributed by atoms with Gasteiger partial charge in [-0.3, -0.25) is 4.79 Å². The third-order valence-corrected chi connectivity index (χ3v) is 4.85. The number of hydrogen-bond acceptors (Lipinski definition) is 1. The molecule has 0 aromatic heterocycles.